The molecule has 0 amide bonds. The Bertz CT molecular complexity index is 2240. The van der Waals surface area contributed by atoms with Crippen molar-refractivity contribution in [3.05, 3.63) is 99.4 Å². The summed E-state index contributed by atoms with van der Waals surface area (Å²) in [4.78, 5) is 19.7. The minimum atomic E-state index is 0. The van der Waals surface area contributed by atoms with Gasteiger partial charge in [-0.15, -0.1) is 51.8 Å². The van der Waals surface area contributed by atoms with Gasteiger partial charge in [0, 0.05) is 58.2 Å². The number of fused-ring (bicyclic) bond motifs is 3. The summed E-state index contributed by atoms with van der Waals surface area (Å²) in [6.07, 6.45) is 6.05. The quantitative estimate of drug-likeness (QED) is 0.0800. The fraction of sp³-hybridized carbons (Fsp3) is 0.417. The number of aromatic nitrogens is 1. The molecule has 289 valence electrons. The van der Waals surface area contributed by atoms with Gasteiger partial charge in [-0.25, -0.2) is 0 Å². The Balaban J connectivity index is 0.000000347. The third-order valence-electron chi connectivity index (χ3n) is 10.5. The van der Waals surface area contributed by atoms with Crippen LogP contribution in [0, 0.1) is 37.7 Å². The first-order valence-electron chi connectivity index (χ1n) is 19.5. The van der Waals surface area contributed by atoms with Gasteiger partial charge in [-0.1, -0.05) is 110 Å². The maximum atomic E-state index is 11.7. The molecular formula is C48H58IrNO2S2-. The van der Waals surface area contributed by atoms with E-state index < -0.39 is 0 Å². The van der Waals surface area contributed by atoms with Gasteiger partial charge in [0.15, 0.2) is 5.78 Å². The first-order valence-corrected chi connectivity index (χ1v) is 21.2. The van der Waals surface area contributed by atoms with E-state index in [4.69, 9.17) is 4.98 Å². The second kappa shape index (κ2) is 18.7. The zero-order chi connectivity index (χ0) is 38.6. The second-order valence-corrected chi connectivity index (χ2v) is 18.4. The van der Waals surface area contributed by atoms with Gasteiger partial charge in [0.05, 0.1) is 16.0 Å². The summed E-state index contributed by atoms with van der Waals surface area (Å²) in [5, 5.41) is 13.6. The Morgan fingerprint density at radius 1 is 0.870 bits per heavy atom. The number of thiophene rings is 2. The molecule has 0 aliphatic heterocycles. The molecule has 0 saturated heterocycles. The van der Waals surface area contributed by atoms with Crippen LogP contribution in [0.2, 0.25) is 0 Å². The monoisotopic (exact) mass is 937 g/mol. The van der Waals surface area contributed by atoms with Crippen molar-refractivity contribution in [3.8, 4) is 22.4 Å². The van der Waals surface area contributed by atoms with Gasteiger partial charge < -0.3 is 5.11 Å². The largest absolute Gasteiger partial charge is 0.512 e. The van der Waals surface area contributed by atoms with Gasteiger partial charge in [-0.2, -0.15) is 0 Å². The zero-order valence-electron chi connectivity index (χ0n) is 34.1. The van der Waals surface area contributed by atoms with E-state index in [1.165, 1.54) is 58.3 Å². The maximum Gasteiger partial charge on any atom is 0.162 e. The van der Waals surface area contributed by atoms with E-state index in [1.54, 1.807) is 0 Å². The zero-order valence-corrected chi connectivity index (χ0v) is 38.1. The van der Waals surface area contributed by atoms with Crippen LogP contribution in [0.5, 0.6) is 0 Å². The molecule has 3 aromatic heterocycles. The summed E-state index contributed by atoms with van der Waals surface area (Å²) < 4.78 is 2.64. The fourth-order valence-corrected chi connectivity index (χ4v) is 9.72. The molecule has 0 saturated carbocycles. The predicted molar refractivity (Wildman–Crippen MR) is 233 cm³/mol. The minimum absolute atomic E-state index is 0. The van der Waals surface area contributed by atoms with E-state index in [0.717, 1.165) is 54.3 Å². The van der Waals surface area contributed by atoms with Crippen LogP contribution in [-0.2, 0) is 36.7 Å². The first-order chi connectivity index (χ1) is 25.2. The first kappa shape index (κ1) is 43.6. The molecule has 6 rings (SSSR count). The number of hydrogen-bond donors (Lipinski definition) is 1. The smallest absolute Gasteiger partial charge is 0.162 e. The van der Waals surface area contributed by atoms with E-state index in [1.807, 2.05) is 50.4 Å². The topological polar surface area (TPSA) is 50.2 Å². The number of carbonyl (C=O) groups is 1. The van der Waals surface area contributed by atoms with Crippen molar-refractivity contribution in [3.63, 3.8) is 0 Å². The molecule has 1 N–H and O–H groups in total. The van der Waals surface area contributed by atoms with Crippen LogP contribution < -0.4 is 0 Å². The minimum Gasteiger partial charge on any atom is -0.512 e. The molecule has 3 heterocycles. The van der Waals surface area contributed by atoms with Crippen molar-refractivity contribution in [1.82, 2.24) is 4.98 Å². The van der Waals surface area contributed by atoms with Crippen LogP contribution in [0.3, 0.4) is 0 Å². The molecule has 0 fully saturated rings. The average molecular weight is 937 g/mol. The fourth-order valence-electron chi connectivity index (χ4n) is 7.27. The second-order valence-electron chi connectivity index (χ2n) is 16.0. The molecule has 6 aromatic rings. The van der Waals surface area contributed by atoms with Gasteiger partial charge in [-0.3, -0.25) is 9.78 Å². The Morgan fingerprint density at radius 2 is 1.54 bits per heavy atom. The van der Waals surface area contributed by atoms with Crippen molar-refractivity contribution in [2.75, 3.05) is 0 Å². The van der Waals surface area contributed by atoms with Gasteiger partial charge in [0.25, 0.3) is 0 Å². The number of nitrogens with zero attached hydrogens (tertiary/aromatic N) is 1. The number of allylic oxidation sites excluding steroid dienone is 2. The van der Waals surface area contributed by atoms with Crippen molar-refractivity contribution in [2.24, 2.45) is 17.8 Å². The molecule has 0 aliphatic carbocycles. The molecule has 0 spiro atoms. The van der Waals surface area contributed by atoms with E-state index in [9.17, 15) is 9.90 Å². The van der Waals surface area contributed by atoms with Crippen LogP contribution in [0.15, 0.2) is 72.5 Å². The SMILES string of the molecule is CCC(CC)C(=O)/C=C(\O)C(CC)CC.Cc1cc2nc(-c3[c-]c4ccccc4c(C(C)(C)C)c3)cc(-c3ccc4c(C)c(CC(C)C)sc4c3)c2s1.[Ir]. The molecule has 0 bridgehead atoms. The molecule has 6 heteroatoms. The van der Waals surface area contributed by atoms with E-state index >= 15 is 0 Å². The summed E-state index contributed by atoms with van der Waals surface area (Å²) in [6, 6.07) is 26.2. The van der Waals surface area contributed by atoms with Gasteiger partial charge in [0.1, 0.15) is 0 Å². The molecule has 1 radical (unpaired) electrons. The number of ketones is 1. The third kappa shape index (κ3) is 9.80. The summed E-state index contributed by atoms with van der Waals surface area (Å²) in [6.45, 7) is 24.0. The number of aliphatic hydroxyl groups excluding tert-OH is 1. The standard InChI is InChI=1S/C35H34NS2.C13H24O2.Ir/c1-20(2)14-32-22(4)26-13-12-24(18-33(26)38-32)28-19-30(36-31-15-21(3)37-34(28)31)25-16-23-10-8-9-11-27(23)29(17-25)35(5,6)7;1-5-10(6-2)12(14)9-13(15)11(7-3)8-4;/h8-13,15,17-20H,14H2,1-7H3;9-11,14H,5-8H2,1-4H3;/q-1;;/b;12-9-;. The molecule has 0 aliphatic rings. The summed E-state index contributed by atoms with van der Waals surface area (Å²) >= 11 is 3.80. The number of aryl methyl sites for hydroxylation is 2. The van der Waals surface area contributed by atoms with Crippen molar-refractivity contribution < 1.29 is 30.0 Å². The van der Waals surface area contributed by atoms with E-state index in [0.29, 0.717) is 5.92 Å². The predicted octanol–water partition coefficient (Wildman–Crippen LogP) is 14.8. The average Bonchev–Trinajstić information content (AvgIpc) is 3.65. The molecular weight excluding hydrogens is 879 g/mol. The summed E-state index contributed by atoms with van der Waals surface area (Å²) in [7, 11) is 0. The Hall–Kier alpha value is -3.15. The number of pyridine rings is 1. The van der Waals surface area contributed by atoms with Gasteiger partial charge >= 0.3 is 0 Å². The van der Waals surface area contributed by atoms with Crippen molar-refractivity contribution in [1.29, 1.82) is 0 Å². The van der Waals surface area contributed by atoms with Crippen LogP contribution in [-0.4, -0.2) is 15.9 Å². The summed E-state index contributed by atoms with van der Waals surface area (Å²) in [5.74, 6) is 1.21. The van der Waals surface area contributed by atoms with Crippen LogP contribution in [0.1, 0.15) is 109 Å². The Labute approximate surface area is 345 Å². The number of benzene rings is 3. The third-order valence-corrected chi connectivity index (χ3v) is 12.8. The van der Waals surface area contributed by atoms with Crippen molar-refractivity contribution in [2.45, 2.75) is 114 Å². The van der Waals surface area contributed by atoms with E-state index in [2.05, 4.69) is 115 Å². The van der Waals surface area contributed by atoms with Gasteiger partial charge in [-0.05, 0) is 91.5 Å². The molecule has 0 unspecified atom stereocenters. The Kier molecular flexibility index (Phi) is 15.1. The van der Waals surface area contributed by atoms with Crippen molar-refractivity contribution >= 4 is 59.5 Å². The van der Waals surface area contributed by atoms with Crippen LogP contribution in [0.25, 0.3) is 53.5 Å². The number of aliphatic hydroxyl groups is 1. The summed E-state index contributed by atoms with van der Waals surface area (Å²) in [5.41, 5.74) is 8.45. The Morgan fingerprint density at radius 3 is 2.17 bits per heavy atom. The molecule has 0 atom stereocenters. The molecule has 3 nitrogen and oxygen atoms in total. The molecule has 3 aromatic carbocycles. The number of rotatable bonds is 11. The normalized spacial score (nSPS) is 12.2. The number of hydrogen-bond acceptors (Lipinski definition) is 5. The van der Waals surface area contributed by atoms with Crippen LogP contribution in [0.4, 0.5) is 0 Å². The van der Waals surface area contributed by atoms with Gasteiger partial charge in [0.2, 0.25) is 0 Å². The maximum absolute atomic E-state index is 11.7. The van der Waals surface area contributed by atoms with Crippen LogP contribution >= 0.6 is 22.7 Å². The number of carbonyl (C=O) groups excluding carboxylic acids is 1. The van der Waals surface area contributed by atoms with E-state index in [-0.39, 0.29) is 48.9 Å². The molecule has 54 heavy (non-hydrogen) atoms.